The van der Waals surface area contributed by atoms with Crippen LogP contribution in [0.4, 0.5) is 10.1 Å². The van der Waals surface area contributed by atoms with Gasteiger partial charge in [0.2, 0.25) is 15.8 Å². The van der Waals surface area contributed by atoms with E-state index >= 15 is 0 Å². The third kappa shape index (κ3) is 3.09. The van der Waals surface area contributed by atoms with E-state index in [0.717, 1.165) is 10.4 Å². The van der Waals surface area contributed by atoms with Crippen molar-refractivity contribution < 1.29 is 17.7 Å². The standard InChI is InChI=1S/C11H12FN3O4S/c1-8-6-9(12)10(15(16)17)7-11(8)20(18,19)14(2)5-3-4-13/h6-7H,3,5H2,1-2H3. The van der Waals surface area contributed by atoms with E-state index in [1.54, 1.807) is 6.07 Å². The Morgan fingerprint density at radius 3 is 2.60 bits per heavy atom. The molecule has 0 spiro atoms. The molecule has 1 aromatic rings. The van der Waals surface area contributed by atoms with Crippen molar-refractivity contribution in [2.24, 2.45) is 0 Å². The number of halogens is 1. The Hall–Kier alpha value is -2.05. The molecular formula is C11H12FN3O4S. The normalized spacial score (nSPS) is 11.3. The monoisotopic (exact) mass is 301 g/mol. The second kappa shape index (κ2) is 5.94. The Balaban J connectivity index is 3.35. The molecule has 0 aliphatic heterocycles. The van der Waals surface area contributed by atoms with Crippen LogP contribution in [-0.2, 0) is 10.0 Å². The van der Waals surface area contributed by atoms with Crippen LogP contribution in [0, 0.1) is 34.2 Å². The zero-order valence-electron chi connectivity index (χ0n) is 10.8. The number of rotatable bonds is 5. The third-order valence-corrected chi connectivity index (χ3v) is 4.67. The van der Waals surface area contributed by atoms with Gasteiger partial charge >= 0.3 is 5.69 Å². The van der Waals surface area contributed by atoms with Crippen LogP contribution < -0.4 is 0 Å². The topological polar surface area (TPSA) is 104 Å². The number of hydrogen-bond acceptors (Lipinski definition) is 5. The Bertz CT molecular complexity index is 682. The van der Waals surface area contributed by atoms with Gasteiger partial charge in [0.1, 0.15) is 0 Å². The van der Waals surface area contributed by atoms with Crippen molar-refractivity contribution in [3.05, 3.63) is 33.6 Å². The molecular weight excluding hydrogens is 289 g/mol. The molecule has 1 aromatic carbocycles. The zero-order chi connectivity index (χ0) is 15.5. The Morgan fingerprint density at radius 2 is 2.10 bits per heavy atom. The molecule has 0 aliphatic rings. The van der Waals surface area contributed by atoms with Crippen LogP contribution >= 0.6 is 0 Å². The molecule has 7 nitrogen and oxygen atoms in total. The molecule has 0 fully saturated rings. The summed E-state index contributed by atoms with van der Waals surface area (Å²) in [4.78, 5) is 9.34. The fourth-order valence-electron chi connectivity index (χ4n) is 1.56. The number of benzene rings is 1. The Kier molecular flexibility index (Phi) is 4.75. The maximum absolute atomic E-state index is 13.4. The predicted molar refractivity (Wildman–Crippen MR) is 67.8 cm³/mol. The lowest BCUT2D eigenvalue weighted by molar-refractivity contribution is -0.387. The molecule has 0 aliphatic carbocycles. The molecule has 0 saturated carbocycles. The molecule has 0 saturated heterocycles. The van der Waals surface area contributed by atoms with Gasteiger partial charge in [0.25, 0.3) is 0 Å². The van der Waals surface area contributed by atoms with Gasteiger partial charge in [-0.05, 0) is 18.6 Å². The van der Waals surface area contributed by atoms with Crippen LogP contribution in [-0.4, -0.2) is 31.2 Å². The summed E-state index contributed by atoms with van der Waals surface area (Å²) in [6.07, 6.45) is -0.0158. The summed E-state index contributed by atoms with van der Waals surface area (Å²) in [5.41, 5.74) is -0.834. The number of hydrogen-bond donors (Lipinski definition) is 0. The average molecular weight is 301 g/mol. The number of nitriles is 1. The zero-order valence-corrected chi connectivity index (χ0v) is 11.6. The maximum atomic E-state index is 13.4. The second-order valence-corrected chi connectivity index (χ2v) is 6.07. The largest absolute Gasteiger partial charge is 0.306 e. The van der Waals surface area contributed by atoms with E-state index in [-0.39, 0.29) is 23.4 Å². The molecule has 0 bridgehead atoms. The molecule has 0 unspecified atom stereocenters. The van der Waals surface area contributed by atoms with Crippen LogP contribution in [0.25, 0.3) is 0 Å². The van der Waals surface area contributed by atoms with Crippen LogP contribution in [0.2, 0.25) is 0 Å². The highest BCUT2D eigenvalue weighted by Gasteiger charge is 2.27. The third-order valence-electron chi connectivity index (χ3n) is 2.67. The number of sulfonamides is 1. The smallest absolute Gasteiger partial charge is 0.258 e. The van der Waals surface area contributed by atoms with Crippen molar-refractivity contribution in [3.63, 3.8) is 0 Å². The highest BCUT2D eigenvalue weighted by atomic mass is 32.2. The van der Waals surface area contributed by atoms with Gasteiger partial charge < -0.3 is 0 Å². The van der Waals surface area contributed by atoms with Crippen LogP contribution in [0.3, 0.4) is 0 Å². The van der Waals surface area contributed by atoms with Gasteiger partial charge in [-0.25, -0.2) is 8.42 Å². The van der Waals surface area contributed by atoms with Gasteiger partial charge in [0.05, 0.1) is 15.9 Å². The molecule has 20 heavy (non-hydrogen) atoms. The summed E-state index contributed by atoms with van der Waals surface area (Å²) in [6, 6.07) is 3.31. The second-order valence-electron chi connectivity index (χ2n) is 4.06. The molecule has 0 N–H and O–H groups in total. The van der Waals surface area contributed by atoms with Crippen molar-refractivity contribution in [1.82, 2.24) is 4.31 Å². The number of nitro benzene ring substituents is 1. The van der Waals surface area contributed by atoms with Gasteiger partial charge in [-0.1, -0.05) is 0 Å². The summed E-state index contributed by atoms with van der Waals surface area (Å²) in [7, 11) is -2.75. The van der Waals surface area contributed by atoms with Crippen molar-refractivity contribution >= 4 is 15.7 Å². The van der Waals surface area contributed by atoms with Crippen LogP contribution in [0.1, 0.15) is 12.0 Å². The molecule has 108 valence electrons. The van der Waals surface area contributed by atoms with E-state index < -0.39 is 26.5 Å². The van der Waals surface area contributed by atoms with Crippen molar-refractivity contribution in [3.8, 4) is 6.07 Å². The molecule has 1 rings (SSSR count). The van der Waals surface area contributed by atoms with Gasteiger partial charge in [-0.3, -0.25) is 10.1 Å². The summed E-state index contributed by atoms with van der Waals surface area (Å²) in [6.45, 7) is 1.29. The molecule has 9 heteroatoms. The lowest BCUT2D eigenvalue weighted by atomic mass is 10.2. The Morgan fingerprint density at radius 1 is 1.50 bits per heavy atom. The summed E-state index contributed by atoms with van der Waals surface area (Å²) >= 11 is 0. The van der Waals surface area contributed by atoms with E-state index in [4.69, 9.17) is 5.26 Å². The fourth-order valence-corrected chi connectivity index (χ4v) is 2.95. The molecule has 0 amide bonds. The van der Waals surface area contributed by atoms with Crippen molar-refractivity contribution in [2.75, 3.05) is 13.6 Å². The summed E-state index contributed by atoms with van der Waals surface area (Å²) in [5, 5.41) is 19.1. The summed E-state index contributed by atoms with van der Waals surface area (Å²) in [5.74, 6) is -1.09. The maximum Gasteiger partial charge on any atom is 0.306 e. The lowest BCUT2D eigenvalue weighted by Gasteiger charge is -2.17. The van der Waals surface area contributed by atoms with Crippen molar-refractivity contribution in [2.45, 2.75) is 18.2 Å². The van der Waals surface area contributed by atoms with Crippen LogP contribution in [0.15, 0.2) is 17.0 Å². The first-order chi connectivity index (χ1) is 9.21. The Labute approximate surface area is 115 Å². The minimum absolute atomic E-state index is 0.0158. The number of nitrogens with zero attached hydrogens (tertiary/aromatic N) is 3. The molecule has 0 atom stereocenters. The lowest BCUT2D eigenvalue weighted by Crippen LogP contribution is -2.28. The molecule has 0 aromatic heterocycles. The predicted octanol–water partition coefficient (Wildman–Crippen LogP) is 1.58. The first-order valence-corrected chi connectivity index (χ1v) is 6.93. The first-order valence-electron chi connectivity index (χ1n) is 5.49. The van der Waals surface area contributed by atoms with E-state index in [9.17, 15) is 22.9 Å². The van der Waals surface area contributed by atoms with Crippen LogP contribution in [0.5, 0.6) is 0 Å². The fraction of sp³-hybridized carbons (Fsp3) is 0.364. The SMILES string of the molecule is Cc1cc(F)c([N+](=O)[O-])cc1S(=O)(=O)N(C)CCC#N. The van der Waals surface area contributed by atoms with Gasteiger partial charge in [0.15, 0.2) is 0 Å². The minimum Gasteiger partial charge on any atom is -0.258 e. The van der Waals surface area contributed by atoms with Gasteiger partial charge in [-0.15, -0.1) is 0 Å². The molecule has 0 radical (unpaired) electrons. The quantitative estimate of drug-likeness (QED) is 0.606. The van der Waals surface area contributed by atoms with E-state index in [1.165, 1.54) is 14.0 Å². The first kappa shape index (κ1) is 16.0. The van der Waals surface area contributed by atoms with E-state index in [1.807, 2.05) is 0 Å². The van der Waals surface area contributed by atoms with Gasteiger partial charge in [0, 0.05) is 26.1 Å². The van der Waals surface area contributed by atoms with Crippen molar-refractivity contribution in [1.29, 1.82) is 5.26 Å². The van der Waals surface area contributed by atoms with E-state index in [0.29, 0.717) is 6.07 Å². The summed E-state index contributed by atoms with van der Waals surface area (Å²) < 4.78 is 38.7. The highest BCUT2D eigenvalue weighted by Crippen LogP contribution is 2.27. The molecule has 0 heterocycles. The highest BCUT2D eigenvalue weighted by molar-refractivity contribution is 7.89. The number of nitro groups is 1. The minimum atomic E-state index is -4.00. The number of aryl methyl sites for hydroxylation is 1. The van der Waals surface area contributed by atoms with E-state index in [2.05, 4.69) is 0 Å². The van der Waals surface area contributed by atoms with Gasteiger partial charge in [-0.2, -0.15) is 14.0 Å². The average Bonchev–Trinajstić information content (AvgIpc) is 2.34.